The largest absolute Gasteiger partial charge is 0.396 e. The lowest BCUT2D eigenvalue weighted by Crippen LogP contribution is -1.91. The van der Waals surface area contributed by atoms with E-state index >= 15 is 0 Å². The molecule has 2 aromatic rings. The normalized spacial score (nSPS) is 10.7. The van der Waals surface area contributed by atoms with Crippen molar-refractivity contribution in [3.05, 3.63) is 35.9 Å². The third-order valence-corrected chi connectivity index (χ3v) is 2.55. The van der Waals surface area contributed by atoms with E-state index in [4.69, 9.17) is 5.73 Å². The molecule has 0 fully saturated rings. The van der Waals surface area contributed by atoms with E-state index in [9.17, 15) is 4.39 Å². The van der Waals surface area contributed by atoms with Crippen molar-refractivity contribution < 1.29 is 4.39 Å². The number of benzene rings is 1. The van der Waals surface area contributed by atoms with Crippen molar-refractivity contribution in [2.75, 3.05) is 5.73 Å². The maximum Gasteiger partial charge on any atom is 0.146 e. The molecule has 2 rings (SSSR count). The molecule has 4 heteroatoms. The molecule has 1 heterocycles. The Morgan fingerprint density at radius 3 is 2.81 bits per heavy atom. The monoisotopic (exact) mass is 219 g/mol. The first-order valence-electron chi connectivity index (χ1n) is 5.19. The third-order valence-electron chi connectivity index (χ3n) is 2.55. The number of rotatable bonds is 2. The first-order valence-corrected chi connectivity index (χ1v) is 5.19. The van der Waals surface area contributed by atoms with Gasteiger partial charge in [0.2, 0.25) is 0 Å². The molecule has 16 heavy (non-hydrogen) atoms. The molecule has 0 unspecified atom stereocenters. The first-order chi connectivity index (χ1) is 7.61. The highest BCUT2D eigenvalue weighted by Gasteiger charge is 2.09. The first kappa shape index (κ1) is 10.7. The summed E-state index contributed by atoms with van der Waals surface area (Å²) in [5, 5.41) is 4.32. The predicted molar refractivity (Wildman–Crippen MR) is 62.4 cm³/mol. The van der Waals surface area contributed by atoms with E-state index in [-0.39, 0.29) is 11.5 Å². The zero-order chi connectivity index (χ0) is 11.7. The lowest BCUT2D eigenvalue weighted by molar-refractivity contribution is 0.633. The molecule has 0 aliphatic heterocycles. The fourth-order valence-corrected chi connectivity index (χ4v) is 1.73. The molecule has 0 aliphatic carbocycles. The molecule has 0 radical (unpaired) electrons. The van der Waals surface area contributed by atoms with Crippen LogP contribution in [-0.4, -0.2) is 9.78 Å². The maximum atomic E-state index is 13.4. The standard InChI is InChI=1S/C12H14FN3/c1-3-12-9(7-16(2)15-12)8-4-5-11(14)10(13)6-8/h4-7H,3,14H2,1-2H3. The number of anilines is 1. The Morgan fingerprint density at radius 2 is 2.19 bits per heavy atom. The molecule has 0 saturated carbocycles. The molecule has 0 aliphatic rings. The summed E-state index contributed by atoms with van der Waals surface area (Å²) in [7, 11) is 1.86. The van der Waals surface area contributed by atoms with E-state index in [1.165, 1.54) is 6.07 Å². The topological polar surface area (TPSA) is 43.8 Å². The molecule has 3 nitrogen and oxygen atoms in total. The quantitative estimate of drug-likeness (QED) is 0.788. The van der Waals surface area contributed by atoms with Gasteiger partial charge in [-0.25, -0.2) is 4.39 Å². The smallest absolute Gasteiger partial charge is 0.146 e. The molecule has 1 aromatic heterocycles. The Kier molecular flexibility index (Phi) is 2.64. The summed E-state index contributed by atoms with van der Waals surface area (Å²) in [4.78, 5) is 0. The number of nitrogens with zero attached hydrogens (tertiary/aromatic N) is 2. The van der Waals surface area contributed by atoms with Gasteiger partial charge in [0.15, 0.2) is 0 Å². The molecular weight excluding hydrogens is 205 g/mol. The second-order valence-electron chi connectivity index (χ2n) is 3.75. The van der Waals surface area contributed by atoms with E-state index < -0.39 is 0 Å². The molecule has 0 bridgehead atoms. The van der Waals surface area contributed by atoms with E-state index in [2.05, 4.69) is 5.10 Å². The van der Waals surface area contributed by atoms with Crippen molar-refractivity contribution in [3.8, 4) is 11.1 Å². The van der Waals surface area contributed by atoms with Crippen molar-refractivity contribution in [3.63, 3.8) is 0 Å². The highest BCUT2D eigenvalue weighted by molar-refractivity contribution is 5.67. The number of hydrogen-bond acceptors (Lipinski definition) is 2. The Labute approximate surface area is 93.7 Å². The number of aromatic nitrogens is 2. The molecule has 1 aromatic carbocycles. The van der Waals surface area contributed by atoms with Crippen LogP contribution in [0.3, 0.4) is 0 Å². The molecular formula is C12H14FN3. The lowest BCUT2D eigenvalue weighted by Gasteiger charge is -2.02. The molecule has 0 saturated heterocycles. The van der Waals surface area contributed by atoms with Crippen LogP contribution < -0.4 is 5.73 Å². The number of halogens is 1. The van der Waals surface area contributed by atoms with E-state index in [0.29, 0.717) is 0 Å². The van der Waals surface area contributed by atoms with Crippen LogP contribution in [-0.2, 0) is 13.5 Å². The number of nitrogen functional groups attached to an aromatic ring is 1. The van der Waals surface area contributed by atoms with E-state index in [1.807, 2.05) is 26.2 Å². The second-order valence-corrected chi connectivity index (χ2v) is 3.75. The molecule has 2 N–H and O–H groups in total. The zero-order valence-corrected chi connectivity index (χ0v) is 9.37. The minimum atomic E-state index is -0.386. The lowest BCUT2D eigenvalue weighted by atomic mass is 10.0. The van der Waals surface area contributed by atoms with E-state index in [0.717, 1.165) is 23.2 Å². The van der Waals surface area contributed by atoms with Crippen LogP contribution in [0.5, 0.6) is 0 Å². The van der Waals surface area contributed by atoms with Crippen LogP contribution in [0.2, 0.25) is 0 Å². The van der Waals surface area contributed by atoms with Gasteiger partial charge in [-0.3, -0.25) is 4.68 Å². The summed E-state index contributed by atoms with van der Waals surface area (Å²) in [6, 6.07) is 4.84. The second kappa shape index (κ2) is 3.96. The van der Waals surface area contributed by atoms with Gasteiger partial charge >= 0.3 is 0 Å². The van der Waals surface area contributed by atoms with Gasteiger partial charge in [0.25, 0.3) is 0 Å². The summed E-state index contributed by atoms with van der Waals surface area (Å²) >= 11 is 0. The van der Waals surface area contributed by atoms with Crippen LogP contribution >= 0.6 is 0 Å². The number of hydrogen-bond donors (Lipinski definition) is 1. The zero-order valence-electron chi connectivity index (χ0n) is 9.37. The fraction of sp³-hybridized carbons (Fsp3) is 0.250. The molecule has 0 spiro atoms. The van der Waals surface area contributed by atoms with Gasteiger partial charge in [-0.1, -0.05) is 13.0 Å². The summed E-state index contributed by atoms with van der Waals surface area (Å²) in [5.74, 6) is -0.386. The Bertz CT molecular complexity index is 517. The Morgan fingerprint density at radius 1 is 1.44 bits per heavy atom. The van der Waals surface area contributed by atoms with Gasteiger partial charge in [-0.2, -0.15) is 5.10 Å². The summed E-state index contributed by atoms with van der Waals surface area (Å²) in [6.45, 7) is 2.03. The van der Waals surface area contributed by atoms with Gasteiger partial charge in [-0.15, -0.1) is 0 Å². The Balaban J connectivity index is 2.53. The van der Waals surface area contributed by atoms with Crippen LogP contribution in [0.4, 0.5) is 10.1 Å². The van der Waals surface area contributed by atoms with Crippen molar-refractivity contribution in [2.24, 2.45) is 7.05 Å². The van der Waals surface area contributed by atoms with Crippen molar-refractivity contribution in [1.29, 1.82) is 0 Å². The van der Waals surface area contributed by atoms with Crippen molar-refractivity contribution in [2.45, 2.75) is 13.3 Å². The van der Waals surface area contributed by atoms with Crippen LogP contribution in [0, 0.1) is 5.82 Å². The number of nitrogens with two attached hydrogens (primary N) is 1. The molecule has 84 valence electrons. The predicted octanol–water partition coefficient (Wildman–Crippen LogP) is 2.37. The van der Waals surface area contributed by atoms with Crippen molar-refractivity contribution in [1.82, 2.24) is 9.78 Å². The minimum absolute atomic E-state index is 0.172. The Hall–Kier alpha value is -1.84. The number of aryl methyl sites for hydroxylation is 2. The van der Waals surface area contributed by atoms with Gasteiger partial charge < -0.3 is 5.73 Å². The molecule has 0 atom stereocenters. The maximum absolute atomic E-state index is 13.4. The summed E-state index contributed by atoms with van der Waals surface area (Å²) in [6.07, 6.45) is 2.71. The highest BCUT2D eigenvalue weighted by Crippen LogP contribution is 2.25. The average molecular weight is 219 g/mol. The van der Waals surface area contributed by atoms with E-state index in [1.54, 1.807) is 10.7 Å². The molecule has 0 amide bonds. The van der Waals surface area contributed by atoms with Crippen LogP contribution in [0.1, 0.15) is 12.6 Å². The van der Waals surface area contributed by atoms with Crippen LogP contribution in [0.25, 0.3) is 11.1 Å². The third kappa shape index (κ3) is 1.78. The van der Waals surface area contributed by atoms with Crippen LogP contribution in [0.15, 0.2) is 24.4 Å². The van der Waals surface area contributed by atoms with Crippen molar-refractivity contribution >= 4 is 5.69 Å². The van der Waals surface area contributed by atoms with Gasteiger partial charge in [0.1, 0.15) is 5.82 Å². The average Bonchev–Trinajstić information content (AvgIpc) is 2.63. The van der Waals surface area contributed by atoms with Gasteiger partial charge in [-0.05, 0) is 24.1 Å². The fourth-order valence-electron chi connectivity index (χ4n) is 1.73. The highest BCUT2D eigenvalue weighted by atomic mass is 19.1. The SMILES string of the molecule is CCc1nn(C)cc1-c1ccc(N)c(F)c1. The van der Waals surface area contributed by atoms with Gasteiger partial charge in [0, 0.05) is 18.8 Å². The summed E-state index contributed by atoms with van der Waals surface area (Å²) in [5.41, 5.74) is 8.36. The summed E-state index contributed by atoms with van der Waals surface area (Å²) < 4.78 is 15.1. The van der Waals surface area contributed by atoms with Gasteiger partial charge in [0.05, 0.1) is 11.4 Å². The minimum Gasteiger partial charge on any atom is -0.396 e.